The van der Waals surface area contributed by atoms with Gasteiger partial charge in [-0.1, -0.05) is 0 Å². The Morgan fingerprint density at radius 2 is 0.480 bits per heavy atom. The molecule has 0 amide bonds. The highest BCUT2D eigenvalue weighted by Crippen LogP contribution is 2.04. The van der Waals surface area contributed by atoms with Crippen molar-refractivity contribution in [3.63, 3.8) is 0 Å². The van der Waals surface area contributed by atoms with E-state index >= 15 is 0 Å². The third kappa shape index (κ3) is 37.9. The number of ether oxygens (including phenoxy) is 14. The highest BCUT2D eigenvalue weighted by molar-refractivity contribution is 5.60. The lowest BCUT2D eigenvalue weighted by atomic mass is 10.4. The summed E-state index contributed by atoms with van der Waals surface area (Å²) in [7, 11) is 0. The summed E-state index contributed by atoms with van der Waals surface area (Å²) in [5, 5.41) is 34.9. The molecule has 0 aliphatic rings. The minimum atomic E-state index is -0.969. The molecule has 0 fully saturated rings. The van der Waals surface area contributed by atoms with Crippen molar-refractivity contribution in [1.82, 2.24) is 0 Å². The first-order valence-corrected chi connectivity index (χ1v) is 16.9. The van der Waals surface area contributed by atoms with E-state index in [9.17, 15) is 4.79 Å². The maximum Gasteiger partial charge on any atom is 0.509 e. The van der Waals surface area contributed by atoms with Crippen LogP contribution in [0.3, 0.4) is 0 Å². The molecule has 0 aliphatic heterocycles. The lowest BCUT2D eigenvalue weighted by molar-refractivity contribution is -0.0941. The molecule has 0 unspecified atom stereocenters. The molecule has 0 spiro atoms. The van der Waals surface area contributed by atoms with Crippen LogP contribution in [0.25, 0.3) is 0 Å². The van der Waals surface area contributed by atoms with E-state index in [2.05, 4.69) is 0 Å². The van der Waals surface area contributed by atoms with Gasteiger partial charge in [-0.15, -0.1) is 0 Å². The number of hydrogen-bond acceptors (Lipinski definition) is 19. The summed E-state index contributed by atoms with van der Waals surface area (Å²) < 4.78 is 75.7. The van der Waals surface area contributed by atoms with Crippen molar-refractivity contribution < 1.29 is 91.5 Å². The fourth-order valence-electron chi connectivity index (χ4n) is 3.41. The van der Waals surface area contributed by atoms with E-state index in [1.165, 1.54) is 0 Å². The topological polar surface area (TPSA) is 227 Å². The van der Waals surface area contributed by atoms with Crippen LogP contribution in [-0.4, -0.2) is 224 Å². The first kappa shape index (κ1) is 48.6. The van der Waals surface area contributed by atoms with Gasteiger partial charge in [-0.2, -0.15) is 0 Å². The molecule has 50 heavy (non-hydrogen) atoms. The summed E-state index contributed by atoms with van der Waals surface area (Å²) in [4.78, 5) is 12.8. The second kappa shape index (κ2) is 42.0. The maximum atomic E-state index is 12.8. The van der Waals surface area contributed by atoms with Gasteiger partial charge in [-0.25, -0.2) is 4.79 Å². The molecule has 0 aliphatic carbocycles. The molecule has 0 aromatic carbocycles. The Bertz CT molecular complexity index is 569. The van der Waals surface area contributed by atoms with E-state index in [0.29, 0.717) is 52.9 Å². The molecule has 4 N–H and O–H groups in total. The standard InChI is InChI=1S/C31H62O19/c32-1-5-37-9-13-41-17-21-45-25-29(26-46-22-18-42-14-10-38-6-2-33)49-31(36)50-30(27-47-23-19-43-15-11-39-7-3-34)28-48-24-20-44-16-12-40-8-4-35/h29-30,32-35H,1-28H2. The second-order valence-corrected chi connectivity index (χ2v) is 9.82. The van der Waals surface area contributed by atoms with Crippen molar-refractivity contribution in [2.45, 2.75) is 12.2 Å². The number of carbonyl (C=O) groups is 1. The second-order valence-electron chi connectivity index (χ2n) is 9.82. The summed E-state index contributed by atoms with van der Waals surface area (Å²) in [6.45, 7) is 5.50. The van der Waals surface area contributed by atoms with Gasteiger partial charge in [0.1, 0.15) is 0 Å². The van der Waals surface area contributed by atoms with E-state index in [1.807, 2.05) is 0 Å². The number of rotatable bonds is 42. The summed E-state index contributed by atoms with van der Waals surface area (Å²) in [5.74, 6) is 0. The predicted octanol–water partition coefficient (Wildman–Crippen LogP) is -1.95. The fraction of sp³-hybridized carbons (Fsp3) is 0.968. The SMILES string of the molecule is O=C(OC(COCCOCCOCCO)COCCOCCOCCO)OC(COCCOCCOCCO)COCCOCCOCCO. The quantitative estimate of drug-likeness (QED) is 0.0394. The lowest BCUT2D eigenvalue weighted by Crippen LogP contribution is -2.34. The van der Waals surface area contributed by atoms with Crippen LogP contribution in [0.1, 0.15) is 0 Å². The van der Waals surface area contributed by atoms with Crippen LogP contribution >= 0.6 is 0 Å². The smallest absolute Gasteiger partial charge is 0.426 e. The number of carbonyl (C=O) groups excluding carboxylic acids is 1. The monoisotopic (exact) mass is 738 g/mol. The van der Waals surface area contributed by atoms with E-state index in [-0.39, 0.29) is 132 Å². The molecule has 19 nitrogen and oxygen atoms in total. The van der Waals surface area contributed by atoms with Crippen molar-refractivity contribution in [2.24, 2.45) is 0 Å². The summed E-state index contributed by atoms with van der Waals surface area (Å²) in [6.07, 6.45) is -2.59. The molecule has 19 heteroatoms. The zero-order chi connectivity index (χ0) is 36.4. The molecule has 0 bridgehead atoms. The highest BCUT2D eigenvalue weighted by Gasteiger charge is 2.21. The van der Waals surface area contributed by atoms with Gasteiger partial charge in [-0.05, 0) is 0 Å². The molecule has 0 atom stereocenters. The normalized spacial score (nSPS) is 11.6. The molecular formula is C31H62O19. The molecule has 0 rings (SSSR count). The van der Waals surface area contributed by atoms with E-state index in [0.717, 1.165) is 0 Å². The zero-order valence-corrected chi connectivity index (χ0v) is 29.4. The van der Waals surface area contributed by atoms with Crippen LogP contribution in [0.2, 0.25) is 0 Å². The van der Waals surface area contributed by atoms with E-state index < -0.39 is 18.4 Å². The van der Waals surface area contributed by atoms with Gasteiger partial charge in [0.2, 0.25) is 0 Å². The Kier molecular flexibility index (Phi) is 40.9. The number of hydrogen-bond donors (Lipinski definition) is 4. The van der Waals surface area contributed by atoms with Crippen LogP contribution in [0.5, 0.6) is 0 Å². The third-order valence-corrected chi connectivity index (χ3v) is 5.66. The van der Waals surface area contributed by atoms with Crippen molar-refractivity contribution in [3.05, 3.63) is 0 Å². The van der Waals surface area contributed by atoms with Gasteiger partial charge in [0.15, 0.2) is 12.2 Å². The van der Waals surface area contributed by atoms with Crippen molar-refractivity contribution in [1.29, 1.82) is 0 Å². The lowest BCUT2D eigenvalue weighted by Gasteiger charge is -2.21. The Balaban J connectivity index is 4.77. The molecule has 0 radical (unpaired) electrons. The first-order chi connectivity index (χ1) is 24.7. The summed E-state index contributed by atoms with van der Waals surface area (Å²) in [5.41, 5.74) is 0. The fourth-order valence-corrected chi connectivity index (χ4v) is 3.41. The molecule has 0 saturated carbocycles. The Labute approximate surface area is 295 Å². The summed E-state index contributed by atoms with van der Waals surface area (Å²) >= 11 is 0. The maximum absolute atomic E-state index is 12.8. The average molecular weight is 739 g/mol. The third-order valence-electron chi connectivity index (χ3n) is 5.66. The van der Waals surface area contributed by atoms with Gasteiger partial charge in [0, 0.05) is 0 Å². The first-order valence-electron chi connectivity index (χ1n) is 16.9. The molecule has 0 saturated heterocycles. The van der Waals surface area contributed by atoms with E-state index in [4.69, 9.17) is 86.7 Å². The predicted molar refractivity (Wildman–Crippen MR) is 173 cm³/mol. The Hall–Kier alpha value is -1.37. The number of aliphatic hydroxyl groups is 4. The Morgan fingerprint density at radius 1 is 0.300 bits per heavy atom. The highest BCUT2D eigenvalue weighted by atomic mass is 16.7. The largest absolute Gasteiger partial charge is 0.509 e. The van der Waals surface area contributed by atoms with Gasteiger partial charge >= 0.3 is 6.16 Å². The van der Waals surface area contributed by atoms with Gasteiger partial charge in [0.05, 0.1) is 185 Å². The van der Waals surface area contributed by atoms with Gasteiger partial charge in [-0.3, -0.25) is 0 Å². The molecular weight excluding hydrogens is 676 g/mol. The minimum absolute atomic E-state index is 0.00567. The van der Waals surface area contributed by atoms with Crippen molar-refractivity contribution in [3.8, 4) is 0 Å². The minimum Gasteiger partial charge on any atom is -0.426 e. The van der Waals surface area contributed by atoms with Crippen LogP contribution in [-0.2, 0) is 66.3 Å². The van der Waals surface area contributed by atoms with E-state index in [1.54, 1.807) is 0 Å². The molecule has 0 aromatic rings. The number of aliphatic hydroxyl groups excluding tert-OH is 4. The van der Waals surface area contributed by atoms with Crippen LogP contribution < -0.4 is 0 Å². The van der Waals surface area contributed by atoms with Crippen LogP contribution in [0, 0.1) is 0 Å². The Morgan fingerprint density at radius 3 is 0.680 bits per heavy atom. The average Bonchev–Trinajstić information content (AvgIpc) is 3.11. The molecule has 300 valence electrons. The molecule has 0 aromatic heterocycles. The molecule has 0 heterocycles. The van der Waals surface area contributed by atoms with Crippen molar-refractivity contribution in [2.75, 3.05) is 185 Å². The van der Waals surface area contributed by atoms with Gasteiger partial charge in [0.25, 0.3) is 0 Å². The zero-order valence-electron chi connectivity index (χ0n) is 29.4. The van der Waals surface area contributed by atoms with Crippen molar-refractivity contribution >= 4 is 6.16 Å². The van der Waals surface area contributed by atoms with Crippen LogP contribution in [0.4, 0.5) is 4.79 Å². The summed E-state index contributed by atoms with van der Waals surface area (Å²) in [6, 6.07) is 0. The van der Waals surface area contributed by atoms with Gasteiger partial charge < -0.3 is 86.7 Å². The van der Waals surface area contributed by atoms with Crippen LogP contribution in [0.15, 0.2) is 0 Å².